The number of anilines is 1. The molecule has 0 aromatic carbocycles. The molecule has 0 radical (unpaired) electrons. The highest BCUT2D eigenvalue weighted by atomic mass is 16.6. The molecular weight excluding hydrogens is 215 g/mol. The van der Waals surface area contributed by atoms with Crippen LogP contribution in [0.5, 0.6) is 5.88 Å². The highest BCUT2D eigenvalue weighted by molar-refractivity contribution is 6.33. The summed E-state index contributed by atoms with van der Waals surface area (Å²) in [5, 5.41) is 21.0. The lowest BCUT2D eigenvalue weighted by Gasteiger charge is -2.06. The van der Waals surface area contributed by atoms with E-state index >= 15 is 0 Å². The molecule has 2 heterocycles. The van der Waals surface area contributed by atoms with Crippen LogP contribution in [0.2, 0.25) is 0 Å². The summed E-state index contributed by atoms with van der Waals surface area (Å²) >= 11 is 0. The molecule has 0 aliphatic carbocycles. The lowest BCUT2D eigenvalue weighted by molar-refractivity contribution is 0.282. The van der Waals surface area contributed by atoms with E-state index in [9.17, 15) is 0 Å². The molecule has 0 unspecified atom stereocenters. The van der Waals surface area contributed by atoms with E-state index in [0.717, 1.165) is 6.20 Å². The standard InChI is InChI=1S/C6H7BN6O3/c8-5-6(13-3-9-2-11-13)12-4(1-10-5)16-7(14)15/h1-3,14-15H,(H2,8,10). The third-order valence-electron chi connectivity index (χ3n) is 1.62. The Labute approximate surface area is 89.7 Å². The van der Waals surface area contributed by atoms with Crippen molar-refractivity contribution in [3.8, 4) is 11.7 Å². The van der Waals surface area contributed by atoms with Gasteiger partial charge in [-0.25, -0.2) is 9.97 Å². The molecule has 0 spiro atoms. The minimum Gasteiger partial charge on any atom is -0.496 e. The molecule has 0 saturated carbocycles. The van der Waals surface area contributed by atoms with Crippen molar-refractivity contribution in [2.45, 2.75) is 0 Å². The second-order valence-corrected chi connectivity index (χ2v) is 2.70. The first-order valence-electron chi connectivity index (χ1n) is 4.17. The van der Waals surface area contributed by atoms with Crippen LogP contribution in [-0.4, -0.2) is 42.1 Å². The molecule has 2 rings (SSSR count). The van der Waals surface area contributed by atoms with Crippen molar-refractivity contribution in [3.05, 3.63) is 18.9 Å². The van der Waals surface area contributed by atoms with Crippen LogP contribution < -0.4 is 10.4 Å². The van der Waals surface area contributed by atoms with Gasteiger partial charge in [-0.15, -0.1) is 0 Å². The van der Waals surface area contributed by atoms with Gasteiger partial charge in [-0.1, -0.05) is 0 Å². The van der Waals surface area contributed by atoms with Crippen LogP contribution in [0.25, 0.3) is 5.82 Å². The normalized spacial score (nSPS) is 10.1. The number of hydrogen-bond acceptors (Lipinski definition) is 8. The van der Waals surface area contributed by atoms with E-state index in [-0.39, 0.29) is 17.5 Å². The van der Waals surface area contributed by atoms with E-state index in [1.165, 1.54) is 17.3 Å². The zero-order valence-corrected chi connectivity index (χ0v) is 7.93. The van der Waals surface area contributed by atoms with Crippen LogP contribution in [0.4, 0.5) is 5.82 Å². The maximum atomic E-state index is 8.60. The SMILES string of the molecule is Nc1ncc(OB(O)O)nc1-n1cncn1. The van der Waals surface area contributed by atoms with Gasteiger partial charge < -0.3 is 20.4 Å². The Morgan fingerprint density at radius 2 is 2.25 bits per heavy atom. The van der Waals surface area contributed by atoms with E-state index in [1.54, 1.807) is 0 Å². The average Bonchev–Trinajstić information content (AvgIpc) is 2.73. The first-order valence-corrected chi connectivity index (χ1v) is 4.17. The molecule has 0 amide bonds. The Morgan fingerprint density at radius 3 is 2.88 bits per heavy atom. The van der Waals surface area contributed by atoms with Gasteiger partial charge in [-0.2, -0.15) is 14.8 Å². The highest BCUT2D eigenvalue weighted by Gasteiger charge is 2.15. The minimum atomic E-state index is -1.97. The number of nitrogens with zero attached hydrogens (tertiary/aromatic N) is 5. The lowest BCUT2D eigenvalue weighted by Crippen LogP contribution is -2.22. The molecule has 0 saturated heterocycles. The smallest absolute Gasteiger partial charge is 0.496 e. The molecule has 2 aromatic rings. The topological polar surface area (TPSA) is 132 Å². The fourth-order valence-corrected chi connectivity index (χ4v) is 1.02. The lowest BCUT2D eigenvalue weighted by atomic mass is 10.3. The molecule has 10 heteroatoms. The Balaban J connectivity index is 2.37. The van der Waals surface area contributed by atoms with Gasteiger partial charge in [-0.3, -0.25) is 0 Å². The minimum absolute atomic E-state index is 0.0882. The number of nitrogen functional groups attached to an aromatic ring is 1. The summed E-state index contributed by atoms with van der Waals surface area (Å²) in [6.07, 6.45) is 3.84. The van der Waals surface area contributed by atoms with E-state index in [0.29, 0.717) is 0 Å². The van der Waals surface area contributed by atoms with Crippen LogP contribution >= 0.6 is 0 Å². The quantitative estimate of drug-likeness (QED) is 0.507. The molecule has 0 bridgehead atoms. The molecule has 0 aliphatic rings. The van der Waals surface area contributed by atoms with Crippen LogP contribution in [0.3, 0.4) is 0 Å². The zero-order chi connectivity index (χ0) is 11.5. The van der Waals surface area contributed by atoms with Gasteiger partial charge in [0.05, 0.1) is 6.20 Å². The molecule has 0 atom stereocenters. The van der Waals surface area contributed by atoms with Crippen LogP contribution in [-0.2, 0) is 0 Å². The number of hydrogen-bond donors (Lipinski definition) is 3. The first kappa shape index (κ1) is 10.3. The van der Waals surface area contributed by atoms with E-state index in [4.69, 9.17) is 15.8 Å². The van der Waals surface area contributed by atoms with Crippen molar-refractivity contribution < 1.29 is 14.7 Å². The molecule has 0 fully saturated rings. The molecule has 2 aromatic heterocycles. The summed E-state index contributed by atoms with van der Waals surface area (Å²) in [6, 6.07) is 0. The predicted octanol–water partition coefficient (Wildman–Crippen LogP) is -2.01. The van der Waals surface area contributed by atoms with Crippen molar-refractivity contribution in [1.82, 2.24) is 24.7 Å². The number of aromatic nitrogens is 5. The van der Waals surface area contributed by atoms with Crippen LogP contribution in [0.1, 0.15) is 0 Å². The van der Waals surface area contributed by atoms with Gasteiger partial charge in [-0.05, 0) is 0 Å². The molecule has 4 N–H and O–H groups in total. The number of nitrogens with two attached hydrogens (primary N) is 1. The van der Waals surface area contributed by atoms with E-state index in [2.05, 4.69) is 24.7 Å². The van der Waals surface area contributed by atoms with Gasteiger partial charge >= 0.3 is 7.32 Å². The van der Waals surface area contributed by atoms with Crippen molar-refractivity contribution in [2.75, 3.05) is 5.73 Å². The molecular formula is C6H7BN6O3. The molecule has 0 aliphatic heterocycles. The Morgan fingerprint density at radius 1 is 1.44 bits per heavy atom. The van der Waals surface area contributed by atoms with Gasteiger partial charge in [0.25, 0.3) is 0 Å². The maximum Gasteiger partial charge on any atom is 0.708 e. The third-order valence-corrected chi connectivity index (χ3v) is 1.62. The monoisotopic (exact) mass is 222 g/mol. The number of rotatable bonds is 3. The largest absolute Gasteiger partial charge is 0.708 e. The first-order chi connectivity index (χ1) is 7.66. The zero-order valence-electron chi connectivity index (χ0n) is 7.93. The summed E-state index contributed by atoms with van der Waals surface area (Å²) in [4.78, 5) is 11.4. The Hall–Kier alpha value is -2.20. The van der Waals surface area contributed by atoms with Crippen molar-refractivity contribution in [2.24, 2.45) is 0 Å². The molecule has 16 heavy (non-hydrogen) atoms. The van der Waals surface area contributed by atoms with Crippen molar-refractivity contribution in [1.29, 1.82) is 0 Å². The summed E-state index contributed by atoms with van der Waals surface area (Å²) in [7, 11) is -1.97. The second kappa shape index (κ2) is 4.12. The third kappa shape index (κ3) is 2.07. The fourth-order valence-electron chi connectivity index (χ4n) is 1.02. The Kier molecular flexibility index (Phi) is 2.66. The Bertz CT molecular complexity index is 475. The predicted molar refractivity (Wildman–Crippen MR) is 52.2 cm³/mol. The summed E-state index contributed by atoms with van der Waals surface area (Å²) in [5.41, 5.74) is 5.57. The van der Waals surface area contributed by atoms with E-state index < -0.39 is 7.32 Å². The van der Waals surface area contributed by atoms with Crippen molar-refractivity contribution >= 4 is 13.1 Å². The fraction of sp³-hybridized carbons (Fsp3) is 0. The summed E-state index contributed by atoms with van der Waals surface area (Å²) in [6.45, 7) is 0. The molecule has 82 valence electrons. The average molecular weight is 222 g/mol. The van der Waals surface area contributed by atoms with Gasteiger partial charge in [0.2, 0.25) is 11.7 Å². The highest BCUT2D eigenvalue weighted by Crippen LogP contribution is 2.14. The maximum absolute atomic E-state index is 8.60. The summed E-state index contributed by atoms with van der Waals surface area (Å²) in [5.74, 6) is 0.218. The van der Waals surface area contributed by atoms with Gasteiger partial charge in [0, 0.05) is 0 Å². The molecule has 9 nitrogen and oxygen atoms in total. The van der Waals surface area contributed by atoms with Gasteiger partial charge in [0.1, 0.15) is 12.7 Å². The van der Waals surface area contributed by atoms with Crippen LogP contribution in [0, 0.1) is 0 Å². The second-order valence-electron chi connectivity index (χ2n) is 2.70. The van der Waals surface area contributed by atoms with Crippen molar-refractivity contribution in [3.63, 3.8) is 0 Å². The van der Waals surface area contributed by atoms with Gasteiger partial charge in [0.15, 0.2) is 5.82 Å². The summed E-state index contributed by atoms with van der Waals surface area (Å²) < 4.78 is 5.81. The van der Waals surface area contributed by atoms with E-state index in [1.807, 2.05) is 0 Å². The van der Waals surface area contributed by atoms with Crippen LogP contribution in [0.15, 0.2) is 18.9 Å².